The van der Waals surface area contributed by atoms with Crippen LogP contribution in [0.4, 0.5) is 5.13 Å². The number of thiazole rings is 1. The molecule has 1 aliphatic rings. The summed E-state index contributed by atoms with van der Waals surface area (Å²) in [5.74, 6) is 0.00662. The molecule has 3 aromatic rings. The molecular weight excluding hydrogens is 418 g/mol. The fraction of sp³-hybridized carbons (Fsp3) is 0.462. The van der Waals surface area contributed by atoms with Crippen molar-refractivity contribution < 1.29 is 9.53 Å². The third-order valence-corrected chi connectivity index (χ3v) is 7.33. The van der Waals surface area contributed by atoms with Gasteiger partial charge in [0.15, 0.2) is 5.13 Å². The number of hydrogen-bond acceptors (Lipinski definition) is 5. The lowest BCUT2D eigenvalue weighted by atomic mass is 9.86. The van der Waals surface area contributed by atoms with E-state index in [0.717, 1.165) is 48.2 Å². The van der Waals surface area contributed by atoms with Crippen LogP contribution in [0, 0.1) is 13.8 Å². The third-order valence-electron chi connectivity index (χ3n) is 6.29. The van der Waals surface area contributed by atoms with E-state index in [9.17, 15) is 4.79 Å². The molecule has 0 bridgehead atoms. The predicted octanol–water partition coefficient (Wildman–Crippen LogP) is 5.19. The van der Waals surface area contributed by atoms with Gasteiger partial charge in [-0.25, -0.2) is 4.98 Å². The van der Waals surface area contributed by atoms with Crippen LogP contribution in [-0.4, -0.2) is 55.2 Å². The van der Waals surface area contributed by atoms with Crippen molar-refractivity contribution in [2.45, 2.75) is 40.0 Å². The first-order valence-corrected chi connectivity index (χ1v) is 12.1. The lowest BCUT2D eigenvalue weighted by Gasteiger charge is -2.29. The Labute approximate surface area is 195 Å². The summed E-state index contributed by atoms with van der Waals surface area (Å²) in [5, 5.41) is 0.770. The summed E-state index contributed by atoms with van der Waals surface area (Å²) in [6, 6.07) is 12.3. The molecule has 1 aromatic heterocycles. The first-order chi connectivity index (χ1) is 15.2. The summed E-state index contributed by atoms with van der Waals surface area (Å²) < 4.78 is 6.60. The minimum atomic E-state index is 0.00662. The van der Waals surface area contributed by atoms with Crippen molar-refractivity contribution in [2.24, 2.45) is 0 Å². The minimum Gasteiger partial charge on any atom is -0.379 e. The number of benzene rings is 2. The van der Waals surface area contributed by atoms with E-state index in [1.165, 1.54) is 16.7 Å². The van der Waals surface area contributed by atoms with Gasteiger partial charge in [0.2, 0.25) is 0 Å². The Morgan fingerprint density at radius 2 is 1.78 bits per heavy atom. The molecule has 5 nitrogen and oxygen atoms in total. The Kier molecular flexibility index (Phi) is 6.65. The summed E-state index contributed by atoms with van der Waals surface area (Å²) in [7, 11) is 0. The van der Waals surface area contributed by atoms with Gasteiger partial charge in [-0.1, -0.05) is 50.3 Å². The number of aromatic nitrogens is 1. The quantitative estimate of drug-likeness (QED) is 0.536. The molecule has 1 saturated heterocycles. The van der Waals surface area contributed by atoms with Crippen LogP contribution in [-0.2, 0) is 10.2 Å². The molecule has 4 rings (SSSR count). The van der Waals surface area contributed by atoms with Gasteiger partial charge in [-0.2, -0.15) is 0 Å². The number of carbonyl (C=O) groups is 1. The van der Waals surface area contributed by atoms with Crippen LogP contribution in [0.2, 0.25) is 0 Å². The van der Waals surface area contributed by atoms with Crippen molar-refractivity contribution in [3.8, 4) is 0 Å². The number of hydrogen-bond donors (Lipinski definition) is 0. The van der Waals surface area contributed by atoms with E-state index < -0.39 is 0 Å². The van der Waals surface area contributed by atoms with Crippen molar-refractivity contribution in [3.63, 3.8) is 0 Å². The van der Waals surface area contributed by atoms with Gasteiger partial charge in [-0.05, 0) is 54.2 Å². The fourth-order valence-corrected chi connectivity index (χ4v) is 5.00. The SMILES string of the molecule is Cc1ccc2sc(N(CCN3CCOCC3)C(=O)c3ccc(C(C)(C)C)cc3)nc2c1C. The highest BCUT2D eigenvalue weighted by Crippen LogP contribution is 2.33. The molecule has 0 aliphatic carbocycles. The van der Waals surface area contributed by atoms with Gasteiger partial charge in [-0.3, -0.25) is 14.6 Å². The van der Waals surface area contributed by atoms with E-state index in [0.29, 0.717) is 12.1 Å². The minimum absolute atomic E-state index is 0.00662. The zero-order chi connectivity index (χ0) is 22.9. The number of nitrogens with zero attached hydrogens (tertiary/aromatic N) is 3. The summed E-state index contributed by atoms with van der Waals surface area (Å²) in [6.07, 6.45) is 0. The first kappa shape index (κ1) is 22.9. The number of ether oxygens (including phenoxy) is 1. The molecule has 6 heteroatoms. The molecular formula is C26H33N3O2S. The number of amides is 1. The highest BCUT2D eigenvalue weighted by Gasteiger charge is 2.24. The zero-order valence-electron chi connectivity index (χ0n) is 19.8. The van der Waals surface area contributed by atoms with Gasteiger partial charge in [0, 0.05) is 31.7 Å². The zero-order valence-corrected chi connectivity index (χ0v) is 20.6. The molecule has 0 spiro atoms. The molecule has 0 N–H and O–H groups in total. The molecule has 1 amide bonds. The Balaban J connectivity index is 1.65. The lowest BCUT2D eigenvalue weighted by Crippen LogP contribution is -2.43. The molecule has 0 unspecified atom stereocenters. The van der Waals surface area contributed by atoms with Gasteiger partial charge in [0.05, 0.1) is 23.4 Å². The fourth-order valence-electron chi connectivity index (χ4n) is 3.95. The van der Waals surface area contributed by atoms with Crippen molar-refractivity contribution in [3.05, 3.63) is 58.7 Å². The van der Waals surface area contributed by atoms with Crippen LogP contribution in [0.5, 0.6) is 0 Å². The van der Waals surface area contributed by atoms with Gasteiger partial charge >= 0.3 is 0 Å². The summed E-state index contributed by atoms with van der Waals surface area (Å²) in [6.45, 7) is 15.5. The largest absolute Gasteiger partial charge is 0.379 e. The lowest BCUT2D eigenvalue weighted by molar-refractivity contribution is 0.0391. The standard InChI is InChI=1S/C26H33N3O2S/c1-18-6-11-22-23(19(18)2)27-25(32-22)29(13-12-28-14-16-31-17-15-28)24(30)20-7-9-21(10-8-20)26(3,4)5/h6-11H,12-17H2,1-5H3. The van der Waals surface area contributed by atoms with E-state index in [2.05, 4.69) is 63.8 Å². The summed E-state index contributed by atoms with van der Waals surface area (Å²) >= 11 is 1.60. The highest BCUT2D eigenvalue weighted by atomic mass is 32.1. The molecule has 1 aliphatic heterocycles. The van der Waals surface area contributed by atoms with Gasteiger partial charge < -0.3 is 4.74 Å². The van der Waals surface area contributed by atoms with Crippen molar-refractivity contribution in [2.75, 3.05) is 44.3 Å². The molecule has 0 atom stereocenters. The van der Waals surface area contributed by atoms with E-state index in [1.54, 1.807) is 11.3 Å². The van der Waals surface area contributed by atoms with Crippen LogP contribution in [0.3, 0.4) is 0 Å². The molecule has 2 heterocycles. The number of morpholine rings is 1. The van der Waals surface area contributed by atoms with Gasteiger partial charge in [0.1, 0.15) is 0 Å². The van der Waals surface area contributed by atoms with Crippen LogP contribution in [0.25, 0.3) is 10.2 Å². The number of anilines is 1. The van der Waals surface area contributed by atoms with Crippen molar-refractivity contribution in [1.82, 2.24) is 9.88 Å². The number of rotatable bonds is 5. The Bertz CT molecular complexity index is 1090. The first-order valence-electron chi connectivity index (χ1n) is 11.3. The average Bonchev–Trinajstić information content (AvgIpc) is 3.21. The van der Waals surface area contributed by atoms with Crippen molar-refractivity contribution in [1.29, 1.82) is 0 Å². The number of aryl methyl sites for hydroxylation is 2. The van der Waals surface area contributed by atoms with E-state index in [4.69, 9.17) is 9.72 Å². The molecule has 170 valence electrons. The number of fused-ring (bicyclic) bond motifs is 1. The normalized spacial score (nSPS) is 15.3. The maximum absolute atomic E-state index is 13.7. The maximum Gasteiger partial charge on any atom is 0.260 e. The van der Waals surface area contributed by atoms with Crippen LogP contribution >= 0.6 is 11.3 Å². The maximum atomic E-state index is 13.7. The van der Waals surface area contributed by atoms with E-state index in [-0.39, 0.29) is 11.3 Å². The highest BCUT2D eigenvalue weighted by molar-refractivity contribution is 7.22. The van der Waals surface area contributed by atoms with Crippen molar-refractivity contribution >= 4 is 32.6 Å². The molecule has 1 fully saturated rings. The summed E-state index contributed by atoms with van der Waals surface area (Å²) in [4.78, 5) is 22.8. The Morgan fingerprint density at radius 1 is 1.09 bits per heavy atom. The van der Waals surface area contributed by atoms with Crippen LogP contribution < -0.4 is 4.90 Å². The Morgan fingerprint density at radius 3 is 2.44 bits per heavy atom. The second-order valence-corrected chi connectivity index (χ2v) is 10.6. The van der Waals surface area contributed by atoms with E-state index in [1.807, 2.05) is 17.0 Å². The molecule has 0 radical (unpaired) electrons. The number of carbonyl (C=O) groups excluding carboxylic acids is 1. The van der Waals surface area contributed by atoms with Gasteiger partial charge in [-0.15, -0.1) is 0 Å². The van der Waals surface area contributed by atoms with Crippen LogP contribution in [0.1, 0.15) is 47.8 Å². The molecule has 2 aromatic carbocycles. The second kappa shape index (κ2) is 9.30. The van der Waals surface area contributed by atoms with E-state index >= 15 is 0 Å². The topological polar surface area (TPSA) is 45.7 Å². The molecule has 0 saturated carbocycles. The monoisotopic (exact) mass is 451 g/mol. The average molecular weight is 452 g/mol. The van der Waals surface area contributed by atoms with Gasteiger partial charge in [0.25, 0.3) is 5.91 Å². The predicted molar refractivity (Wildman–Crippen MR) is 133 cm³/mol. The summed E-state index contributed by atoms with van der Waals surface area (Å²) in [5.41, 5.74) is 5.38. The molecule has 32 heavy (non-hydrogen) atoms. The smallest absolute Gasteiger partial charge is 0.260 e. The van der Waals surface area contributed by atoms with Crippen LogP contribution in [0.15, 0.2) is 36.4 Å². The third kappa shape index (κ3) is 4.87. The Hall–Kier alpha value is -2.28. The second-order valence-electron chi connectivity index (χ2n) is 9.59.